The quantitative estimate of drug-likeness (QED) is 0.857. The molecule has 6 heteroatoms. The second-order valence-electron chi connectivity index (χ2n) is 4.25. The molecule has 2 unspecified atom stereocenters. The van der Waals surface area contributed by atoms with Crippen molar-refractivity contribution in [1.29, 1.82) is 0 Å². The molecule has 2 rings (SSSR count). The van der Waals surface area contributed by atoms with E-state index in [-0.39, 0.29) is 11.7 Å². The largest absolute Gasteiger partial charge is 0.493 e. The van der Waals surface area contributed by atoms with Crippen molar-refractivity contribution < 1.29 is 24.5 Å². The van der Waals surface area contributed by atoms with E-state index in [1.165, 1.54) is 19.2 Å². The highest BCUT2D eigenvalue weighted by Crippen LogP contribution is 2.33. The molecule has 2 N–H and O–H groups in total. The molecule has 104 valence electrons. The van der Waals surface area contributed by atoms with Crippen molar-refractivity contribution in [3.05, 3.63) is 23.8 Å². The molecule has 5 nitrogen and oxygen atoms in total. The first-order valence-corrected chi connectivity index (χ1v) is 7.10. The Hall–Kier alpha value is -1.40. The number of hydrogen-bond acceptors (Lipinski definition) is 5. The highest BCUT2D eigenvalue weighted by molar-refractivity contribution is 7.99. The maximum atomic E-state index is 10.8. The summed E-state index contributed by atoms with van der Waals surface area (Å²) in [4.78, 5) is 10.8. The van der Waals surface area contributed by atoms with Gasteiger partial charge in [-0.25, -0.2) is 4.79 Å². The minimum absolute atomic E-state index is 0.108. The van der Waals surface area contributed by atoms with E-state index in [0.717, 1.165) is 17.9 Å². The highest BCUT2D eigenvalue weighted by Gasteiger charge is 2.22. The van der Waals surface area contributed by atoms with Gasteiger partial charge in [0.1, 0.15) is 6.10 Å². The van der Waals surface area contributed by atoms with Gasteiger partial charge in [-0.2, -0.15) is 11.8 Å². The maximum Gasteiger partial charge on any atom is 0.337 e. The summed E-state index contributed by atoms with van der Waals surface area (Å²) in [5.41, 5.74) is 0.286. The summed E-state index contributed by atoms with van der Waals surface area (Å²) in [5, 5.41) is 18.4. The van der Waals surface area contributed by atoms with Crippen LogP contribution in [-0.4, -0.2) is 40.9 Å². The number of aliphatic carboxylic acids is 1. The number of aliphatic hydroxyl groups is 1. The van der Waals surface area contributed by atoms with Gasteiger partial charge in [0.05, 0.1) is 7.11 Å². The Bertz CT molecular complexity index is 456. The topological polar surface area (TPSA) is 76.0 Å². The van der Waals surface area contributed by atoms with Gasteiger partial charge in [0.2, 0.25) is 0 Å². The van der Waals surface area contributed by atoms with Crippen molar-refractivity contribution in [1.82, 2.24) is 0 Å². The SMILES string of the molecule is COc1ccc(C(O)C(=O)O)cc1OC1CCSC1. The van der Waals surface area contributed by atoms with Crippen LogP contribution < -0.4 is 9.47 Å². The Labute approximate surface area is 115 Å². The summed E-state index contributed by atoms with van der Waals surface area (Å²) in [6.07, 6.45) is -0.484. The Morgan fingerprint density at radius 2 is 2.26 bits per heavy atom. The number of aliphatic hydroxyl groups excluding tert-OH is 1. The van der Waals surface area contributed by atoms with Crippen LogP contribution in [0.25, 0.3) is 0 Å². The lowest BCUT2D eigenvalue weighted by atomic mass is 10.1. The summed E-state index contributed by atoms with van der Waals surface area (Å²) in [6.45, 7) is 0. The van der Waals surface area contributed by atoms with Crippen LogP contribution in [0.3, 0.4) is 0 Å². The lowest BCUT2D eigenvalue weighted by Crippen LogP contribution is -2.16. The average molecular weight is 284 g/mol. The molecule has 0 aliphatic carbocycles. The summed E-state index contributed by atoms with van der Waals surface area (Å²) in [7, 11) is 1.53. The maximum absolute atomic E-state index is 10.8. The van der Waals surface area contributed by atoms with E-state index in [2.05, 4.69) is 0 Å². The van der Waals surface area contributed by atoms with Crippen molar-refractivity contribution in [3.63, 3.8) is 0 Å². The average Bonchev–Trinajstić information content (AvgIpc) is 2.90. The smallest absolute Gasteiger partial charge is 0.337 e. The van der Waals surface area contributed by atoms with E-state index in [9.17, 15) is 9.90 Å². The third-order valence-electron chi connectivity index (χ3n) is 2.92. The number of carbonyl (C=O) groups is 1. The molecule has 0 radical (unpaired) electrons. The first kappa shape index (κ1) is 14.0. The first-order chi connectivity index (χ1) is 9.11. The number of carboxylic acids is 1. The first-order valence-electron chi connectivity index (χ1n) is 5.95. The third-order valence-corrected chi connectivity index (χ3v) is 4.05. The summed E-state index contributed by atoms with van der Waals surface area (Å²) >= 11 is 1.82. The molecule has 1 fully saturated rings. The zero-order valence-corrected chi connectivity index (χ0v) is 11.4. The normalized spacial score (nSPS) is 20.0. The van der Waals surface area contributed by atoms with Crippen molar-refractivity contribution >= 4 is 17.7 Å². The highest BCUT2D eigenvalue weighted by atomic mass is 32.2. The molecular formula is C13H16O5S. The molecule has 0 saturated carbocycles. The fourth-order valence-corrected chi connectivity index (χ4v) is 2.98. The molecule has 1 aliphatic heterocycles. The Balaban J connectivity index is 2.22. The van der Waals surface area contributed by atoms with Gasteiger partial charge < -0.3 is 19.7 Å². The van der Waals surface area contributed by atoms with Gasteiger partial charge in [0, 0.05) is 5.75 Å². The number of carboxylic acid groups (broad SMARTS) is 1. The Kier molecular flexibility index (Phi) is 4.55. The van der Waals surface area contributed by atoms with E-state index < -0.39 is 12.1 Å². The molecule has 2 atom stereocenters. The molecular weight excluding hydrogens is 268 g/mol. The summed E-state index contributed by atoms with van der Waals surface area (Å²) < 4.78 is 11.0. The number of methoxy groups -OCH3 is 1. The number of rotatable bonds is 5. The van der Waals surface area contributed by atoms with Crippen LogP contribution in [0.15, 0.2) is 18.2 Å². The summed E-state index contributed by atoms with van der Waals surface area (Å²) in [6, 6.07) is 4.66. The second-order valence-corrected chi connectivity index (χ2v) is 5.40. The monoisotopic (exact) mass is 284 g/mol. The van der Waals surface area contributed by atoms with Crippen LogP contribution in [0, 0.1) is 0 Å². The van der Waals surface area contributed by atoms with E-state index >= 15 is 0 Å². The minimum atomic E-state index is -1.55. The Morgan fingerprint density at radius 1 is 1.47 bits per heavy atom. The number of benzene rings is 1. The molecule has 0 spiro atoms. The Morgan fingerprint density at radius 3 is 2.84 bits per heavy atom. The fraction of sp³-hybridized carbons (Fsp3) is 0.462. The lowest BCUT2D eigenvalue weighted by molar-refractivity contribution is -0.146. The van der Waals surface area contributed by atoms with Crippen molar-refractivity contribution in [3.8, 4) is 11.5 Å². The van der Waals surface area contributed by atoms with E-state index in [1.807, 2.05) is 11.8 Å². The lowest BCUT2D eigenvalue weighted by Gasteiger charge is -2.17. The molecule has 1 heterocycles. The fourth-order valence-electron chi connectivity index (χ4n) is 1.88. The number of ether oxygens (including phenoxy) is 2. The zero-order chi connectivity index (χ0) is 13.8. The molecule has 0 amide bonds. The number of thioether (sulfide) groups is 1. The van der Waals surface area contributed by atoms with Gasteiger partial charge in [-0.05, 0) is 29.9 Å². The van der Waals surface area contributed by atoms with Crippen LogP contribution in [0.2, 0.25) is 0 Å². The van der Waals surface area contributed by atoms with Crippen LogP contribution >= 0.6 is 11.8 Å². The predicted molar refractivity (Wildman–Crippen MR) is 71.9 cm³/mol. The van der Waals surface area contributed by atoms with Gasteiger partial charge in [-0.3, -0.25) is 0 Å². The molecule has 19 heavy (non-hydrogen) atoms. The van der Waals surface area contributed by atoms with Crippen molar-refractivity contribution in [2.75, 3.05) is 18.6 Å². The van der Waals surface area contributed by atoms with Crippen LogP contribution in [0.5, 0.6) is 11.5 Å². The van der Waals surface area contributed by atoms with E-state index in [0.29, 0.717) is 11.5 Å². The summed E-state index contributed by atoms with van der Waals surface area (Å²) in [5.74, 6) is 1.71. The molecule has 1 aliphatic rings. The molecule has 0 bridgehead atoms. The van der Waals surface area contributed by atoms with Gasteiger partial charge in [-0.15, -0.1) is 0 Å². The van der Waals surface area contributed by atoms with Crippen LogP contribution in [0.1, 0.15) is 18.1 Å². The molecule has 1 saturated heterocycles. The van der Waals surface area contributed by atoms with Crippen molar-refractivity contribution in [2.45, 2.75) is 18.6 Å². The van der Waals surface area contributed by atoms with Crippen LogP contribution in [0.4, 0.5) is 0 Å². The zero-order valence-electron chi connectivity index (χ0n) is 10.5. The minimum Gasteiger partial charge on any atom is -0.493 e. The van der Waals surface area contributed by atoms with Gasteiger partial charge in [0.15, 0.2) is 17.6 Å². The molecule has 1 aromatic carbocycles. The van der Waals surface area contributed by atoms with E-state index in [4.69, 9.17) is 14.6 Å². The van der Waals surface area contributed by atoms with Gasteiger partial charge in [0.25, 0.3) is 0 Å². The van der Waals surface area contributed by atoms with Crippen molar-refractivity contribution in [2.24, 2.45) is 0 Å². The van der Waals surface area contributed by atoms with E-state index in [1.54, 1.807) is 6.07 Å². The molecule has 0 aromatic heterocycles. The third kappa shape index (κ3) is 3.33. The molecule has 1 aromatic rings. The standard InChI is InChI=1S/C13H16O5S/c1-17-10-3-2-8(12(14)13(15)16)6-11(10)18-9-4-5-19-7-9/h2-3,6,9,12,14H,4-5,7H2,1H3,(H,15,16). The predicted octanol–water partition coefficient (Wildman–Crippen LogP) is 1.70. The van der Waals surface area contributed by atoms with Crippen LogP contribution in [-0.2, 0) is 4.79 Å². The van der Waals surface area contributed by atoms with Gasteiger partial charge in [-0.1, -0.05) is 6.07 Å². The second kappa shape index (κ2) is 6.16. The number of hydrogen-bond donors (Lipinski definition) is 2. The van der Waals surface area contributed by atoms with Gasteiger partial charge >= 0.3 is 5.97 Å².